The quantitative estimate of drug-likeness (QED) is 0.741. The summed E-state index contributed by atoms with van der Waals surface area (Å²) >= 11 is 1.71. The maximum atomic E-state index is 12.0. The zero-order valence-corrected chi connectivity index (χ0v) is 11.9. The Hall–Kier alpha value is -0.180. The summed E-state index contributed by atoms with van der Waals surface area (Å²) in [5, 5.41) is 0. The summed E-state index contributed by atoms with van der Waals surface area (Å²) in [5.74, 6) is 0.833. The van der Waals surface area contributed by atoms with Gasteiger partial charge in [-0.05, 0) is 27.7 Å². The summed E-state index contributed by atoms with van der Waals surface area (Å²) in [4.78, 5) is 13.9. The maximum absolute atomic E-state index is 12.0. The zero-order chi connectivity index (χ0) is 12.2. The van der Waals surface area contributed by atoms with Crippen LogP contribution in [0.4, 0.5) is 0 Å². The highest BCUT2D eigenvalue weighted by atomic mass is 32.2. The van der Waals surface area contributed by atoms with Gasteiger partial charge in [0.2, 0.25) is 5.91 Å². The van der Waals surface area contributed by atoms with E-state index >= 15 is 0 Å². The average Bonchev–Trinajstić information content (AvgIpc) is 1.97. The highest BCUT2D eigenvalue weighted by Crippen LogP contribution is 2.23. The fraction of sp³-hybridized carbons (Fsp3) is 0.917. The molecule has 0 unspecified atom stereocenters. The van der Waals surface area contributed by atoms with Gasteiger partial charge in [-0.15, -0.1) is 11.8 Å². The number of carbonyl (C=O) groups excluding carboxylic acids is 1. The molecule has 0 rings (SSSR count). The van der Waals surface area contributed by atoms with E-state index in [0.29, 0.717) is 5.75 Å². The van der Waals surface area contributed by atoms with Crippen LogP contribution in [0.2, 0.25) is 0 Å². The van der Waals surface area contributed by atoms with Gasteiger partial charge < -0.3 is 4.90 Å². The SMILES string of the molecule is CC(C)N(C(=O)CSC(C)(C)C)C(C)C. The first-order valence-corrected chi connectivity index (χ1v) is 6.59. The molecule has 90 valence electrons. The minimum absolute atomic E-state index is 0.162. The number of nitrogens with zero attached hydrogens (tertiary/aromatic N) is 1. The van der Waals surface area contributed by atoms with Crippen LogP contribution in [-0.2, 0) is 4.79 Å². The first-order chi connectivity index (χ1) is 6.65. The van der Waals surface area contributed by atoms with Crippen LogP contribution >= 0.6 is 11.8 Å². The van der Waals surface area contributed by atoms with E-state index in [2.05, 4.69) is 48.5 Å². The van der Waals surface area contributed by atoms with E-state index in [-0.39, 0.29) is 22.7 Å². The molecule has 0 saturated carbocycles. The summed E-state index contributed by atoms with van der Waals surface area (Å²) in [6.07, 6.45) is 0. The molecule has 0 aliphatic rings. The van der Waals surface area contributed by atoms with E-state index in [1.807, 2.05) is 4.90 Å². The van der Waals surface area contributed by atoms with E-state index in [9.17, 15) is 4.79 Å². The van der Waals surface area contributed by atoms with Gasteiger partial charge in [-0.1, -0.05) is 20.8 Å². The average molecular weight is 231 g/mol. The minimum Gasteiger partial charge on any atom is -0.337 e. The maximum Gasteiger partial charge on any atom is 0.233 e. The van der Waals surface area contributed by atoms with Crippen LogP contribution < -0.4 is 0 Å². The Morgan fingerprint density at radius 1 is 1.13 bits per heavy atom. The van der Waals surface area contributed by atoms with Crippen LogP contribution in [0.15, 0.2) is 0 Å². The molecule has 0 atom stereocenters. The van der Waals surface area contributed by atoms with Crippen LogP contribution in [0.5, 0.6) is 0 Å². The first kappa shape index (κ1) is 14.8. The van der Waals surface area contributed by atoms with Crippen molar-refractivity contribution in [2.75, 3.05) is 5.75 Å². The predicted octanol–water partition coefficient (Wildman–Crippen LogP) is 3.16. The third kappa shape index (κ3) is 6.08. The normalized spacial score (nSPS) is 12.3. The molecule has 0 aliphatic heterocycles. The molecule has 2 nitrogen and oxygen atoms in total. The lowest BCUT2D eigenvalue weighted by atomic mass is 10.2. The van der Waals surface area contributed by atoms with Crippen molar-refractivity contribution in [1.29, 1.82) is 0 Å². The van der Waals surface area contributed by atoms with Crippen LogP contribution in [0.25, 0.3) is 0 Å². The molecular weight excluding hydrogens is 206 g/mol. The number of carbonyl (C=O) groups is 1. The van der Waals surface area contributed by atoms with Gasteiger partial charge in [0.05, 0.1) is 5.75 Å². The number of hydrogen-bond acceptors (Lipinski definition) is 2. The number of rotatable bonds is 4. The van der Waals surface area contributed by atoms with E-state index in [1.54, 1.807) is 11.8 Å². The molecule has 0 aromatic carbocycles. The Labute approximate surface area is 98.8 Å². The zero-order valence-electron chi connectivity index (χ0n) is 11.1. The van der Waals surface area contributed by atoms with Gasteiger partial charge in [-0.2, -0.15) is 0 Å². The van der Waals surface area contributed by atoms with Crippen molar-refractivity contribution < 1.29 is 4.79 Å². The molecule has 0 radical (unpaired) electrons. The predicted molar refractivity (Wildman–Crippen MR) is 69.3 cm³/mol. The Morgan fingerprint density at radius 2 is 1.53 bits per heavy atom. The van der Waals surface area contributed by atoms with E-state index in [0.717, 1.165) is 0 Å². The summed E-state index contributed by atoms with van der Waals surface area (Å²) in [5.41, 5.74) is 0. The first-order valence-electron chi connectivity index (χ1n) is 5.60. The summed E-state index contributed by atoms with van der Waals surface area (Å²) in [6, 6.07) is 0.580. The third-order valence-corrected chi connectivity index (χ3v) is 3.29. The monoisotopic (exact) mass is 231 g/mol. The van der Waals surface area contributed by atoms with Gasteiger partial charge in [0.25, 0.3) is 0 Å². The molecule has 0 aromatic heterocycles. The van der Waals surface area contributed by atoms with Crippen molar-refractivity contribution in [3.63, 3.8) is 0 Å². The lowest BCUT2D eigenvalue weighted by Crippen LogP contribution is -2.43. The number of thioether (sulfide) groups is 1. The van der Waals surface area contributed by atoms with Gasteiger partial charge in [0, 0.05) is 16.8 Å². The lowest BCUT2D eigenvalue weighted by molar-refractivity contribution is -0.131. The van der Waals surface area contributed by atoms with Gasteiger partial charge in [0.1, 0.15) is 0 Å². The van der Waals surface area contributed by atoms with Crippen molar-refractivity contribution in [3.8, 4) is 0 Å². The Kier molecular flexibility index (Phi) is 5.71. The third-order valence-electron chi connectivity index (χ3n) is 2.03. The van der Waals surface area contributed by atoms with Gasteiger partial charge >= 0.3 is 0 Å². The number of amides is 1. The molecule has 1 amide bonds. The highest BCUT2D eigenvalue weighted by molar-refractivity contribution is 8.01. The van der Waals surface area contributed by atoms with E-state index < -0.39 is 0 Å². The summed E-state index contributed by atoms with van der Waals surface area (Å²) in [7, 11) is 0. The second-order valence-electron chi connectivity index (χ2n) is 5.39. The van der Waals surface area contributed by atoms with Crippen molar-refractivity contribution in [2.45, 2.75) is 65.3 Å². The Bertz CT molecular complexity index is 198. The standard InChI is InChI=1S/C12H25NOS/c1-9(2)13(10(3)4)11(14)8-15-12(5,6)7/h9-10H,8H2,1-7H3. The van der Waals surface area contributed by atoms with Crippen molar-refractivity contribution in [3.05, 3.63) is 0 Å². The van der Waals surface area contributed by atoms with Gasteiger partial charge in [0.15, 0.2) is 0 Å². The molecule has 15 heavy (non-hydrogen) atoms. The van der Waals surface area contributed by atoms with Gasteiger partial charge in [-0.3, -0.25) is 4.79 Å². The molecule has 3 heteroatoms. The van der Waals surface area contributed by atoms with Crippen LogP contribution in [-0.4, -0.2) is 33.4 Å². The molecule has 0 N–H and O–H groups in total. The molecule has 0 aliphatic carbocycles. The second-order valence-corrected chi connectivity index (χ2v) is 7.19. The van der Waals surface area contributed by atoms with Crippen molar-refractivity contribution in [2.24, 2.45) is 0 Å². The van der Waals surface area contributed by atoms with Crippen LogP contribution in [0.1, 0.15) is 48.5 Å². The molecule has 0 heterocycles. The smallest absolute Gasteiger partial charge is 0.233 e. The second kappa shape index (κ2) is 5.78. The van der Waals surface area contributed by atoms with Crippen molar-refractivity contribution in [1.82, 2.24) is 4.90 Å². The molecule has 0 saturated heterocycles. The van der Waals surface area contributed by atoms with Crippen molar-refractivity contribution >= 4 is 17.7 Å². The number of hydrogen-bond donors (Lipinski definition) is 0. The fourth-order valence-electron chi connectivity index (χ4n) is 1.53. The Balaban J connectivity index is 4.29. The molecular formula is C12H25NOS. The van der Waals surface area contributed by atoms with Crippen LogP contribution in [0.3, 0.4) is 0 Å². The molecule has 0 fully saturated rings. The van der Waals surface area contributed by atoms with E-state index in [4.69, 9.17) is 0 Å². The summed E-state index contributed by atoms with van der Waals surface area (Å²) < 4.78 is 0.162. The van der Waals surface area contributed by atoms with Gasteiger partial charge in [-0.25, -0.2) is 0 Å². The Morgan fingerprint density at radius 3 is 1.80 bits per heavy atom. The lowest BCUT2D eigenvalue weighted by Gasteiger charge is -2.31. The molecule has 0 bridgehead atoms. The highest BCUT2D eigenvalue weighted by Gasteiger charge is 2.22. The topological polar surface area (TPSA) is 20.3 Å². The minimum atomic E-state index is 0.162. The van der Waals surface area contributed by atoms with E-state index in [1.165, 1.54) is 0 Å². The molecule has 0 aromatic rings. The largest absolute Gasteiger partial charge is 0.337 e. The van der Waals surface area contributed by atoms with Crippen LogP contribution in [0, 0.1) is 0 Å². The molecule has 0 spiro atoms. The fourth-order valence-corrected chi connectivity index (χ4v) is 2.23. The summed E-state index contributed by atoms with van der Waals surface area (Å²) in [6.45, 7) is 14.7.